The number of carbonyl (C=O) groups excluding carboxylic acids is 1. The first kappa shape index (κ1) is 21.4. The molecule has 0 aromatic heterocycles. The van der Waals surface area contributed by atoms with Crippen molar-refractivity contribution in [1.82, 2.24) is 0 Å². The highest BCUT2D eigenvalue weighted by molar-refractivity contribution is 7.85. The van der Waals surface area contributed by atoms with Crippen LogP contribution in [0.5, 0.6) is 5.75 Å². The molecule has 8 heteroatoms. The van der Waals surface area contributed by atoms with E-state index in [9.17, 15) is 22.2 Å². The Bertz CT molecular complexity index is 1000. The summed E-state index contributed by atoms with van der Waals surface area (Å²) in [5, 5.41) is 0. The minimum Gasteiger partial charge on any atom is -0.748 e. The normalized spacial score (nSPS) is 11.3. The second-order valence-corrected chi connectivity index (χ2v) is 7.79. The summed E-state index contributed by atoms with van der Waals surface area (Å²) in [5.74, 6) is 3.17. The second kappa shape index (κ2) is 8.87. The first-order chi connectivity index (χ1) is 13.1. The highest BCUT2D eigenvalue weighted by Gasteiger charge is 2.20. The molecule has 0 amide bonds. The molecule has 0 aliphatic carbocycles. The maximum Gasteiger partial charge on any atom is 0.338 e. The van der Waals surface area contributed by atoms with Gasteiger partial charge in [-0.3, -0.25) is 0 Å². The van der Waals surface area contributed by atoms with Crippen molar-refractivity contribution >= 4 is 16.1 Å². The molecule has 0 aliphatic rings. The molecule has 2 aromatic rings. The van der Waals surface area contributed by atoms with Crippen LogP contribution in [0.3, 0.4) is 0 Å². The molecule has 2 rings (SSSR count). The number of ether oxygens (including phenoxy) is 2. The maximum atomic E-state index is 14.1. The molecule has 2 aromatic carbocycles. The van der Waals surface area contributed by atoms with E-state index in [0.29, 0.717) is 0 Å². The van der Waals surface area contributed by atoms with Gasteiger partial charge in [0.15, 0.2) is 17.2 Å². The molecule has 0 fully saturated rings. The summed E-state index contributed by atoms with van der Waals surface area (Å²) in [5.41, 5.74) is -0.340. The average Bonchev–Trinajstić information content (AvgIpc) is 2.61. The van der Waals surface area contributed by atoms with Gasteiger partial charge in [-0.25, -0.2) is 17.6 Å². The third-order valence-corrected chi connectivity index (χ3v) is 4.05. The lowest BCUT2D eigenvalue weighted by molar-refractivity contribution is 0.0526. The van der Waals surface area contributed by atoms with Gasteiger partial charge < -0.3 is 14.0 Å². The van der Waals surface area contributed by atoms with Gasteiger partial charge in [-0.15, -0.1) is 0 Å². The first-order valence-corrected chi connectivity index (χ1v) is 9.81. The number of rotatable bonds is 6. The van der Waals surface area contributed by atoms with Crippen molar-refractivity contribution in [2.24, 2.45) is 0 Å². The van der Waals surface area contributed by atoms with E-state index in [1.54, 1.807) is 13.8 Å². The average molecular weight is 405 g/mol. The van der Waals surface area contributed by atoms with E-state index in [2.05, 4.69) is 11.8 Å². The summed E-state index contributed by atoms with van der Waals surface area (Å²) in [6.07, 6.45) is 0. The third-order valence-electron chi connectivity index (χ3n) is 3.38. The molecule has 0 radical (unpaired) electrons. The minimum absolute atomic E-state index is 0.0495. The van der Waals surface area contributed by atoms with Crippen molar-refractivity contribution in [1.29, 1.82) is 0 Å². The van der Waals surface area contributed by atoms with Crippen LogP contribution in [0.1, 0.15) is 29.8 Å². The molecule has 0 saturated carbocycles. The quantitative estimate of drug-likeness (QED) is 0.417. The van der Waals surface area contributed by atoms with Crippen LogP contribution in [0.4, 0.5) is 4.39 Å². The Hall–Kier alpha value is -2.89. The molecule has 0 spiro atoms. The van der Waals surface area contributed by atoms with Crippen molar-refractivity contribution in [3.05, 3.63) is 65.5 Å². The molecule has 6 nitrogen and oxygen atoms in total. The predicted molar refractivity (Wildman–Crippen MR) is 99.3 cm³/mol. The molecule has 0 unspecified atom stereocenters. The van der Waals surface area contributed by atoms with Gasteiger partial charge in [-0.1, -0.05) is 30.0 Å². The summed E-state index contributed by atoms with van der Waals surface area (Å²) in [6.45, 7) is 2.70. The highest BCUT2D eigenvalue weighted by atomic mass is 32.2. The van der Waals surface area contributed by atoms with E-state index in [4.69, 9.17) is 9.47 Å². The van der Waals surface area contributed by atoms with Gasteiger partial charge in [0, 0.05) is 5.56 Å². The van der Waals surface area contributed by atoms with Crippen molar-refractivity contribution in [2.45, 2.75) is 19.4 Å². The van der Waals surface area contributed by atoms with E-state index in [1.807, 2.05) is 30.3 Å². The van der Waals surface area contributed by atoms with Crippen LogP contribution in [0.2, 0.25) is 0 Å². The molecular formula is C20H18FO6S-. The molecule has 0 heterocycles. The summed E-state index contributed by atoms with van der Waals surface area (Å²) in [7, 11) is -4.50. The monoisotopic (exact) mass is 405 g/mol. The number of benzene rings is 2. The van der Waals surface area contributed by atoms with Gasteiger partial charge in [0.25, 0.3) is 0 Å². The zero-order valence-corrected chi connectivity index (χ0v) is 16.1. The smallest absolute Gasteiger partial charge is 0.338 e. The summed E-state index contributed by atoms with van der Waals surface area (Å²) >= 11 is 0. The molecule has 148 valence electrons. The van der Waals surface area contributed by atoms with Gasteiger partial charge in [-0.2, -0.15) is 0 Å². The summed E-state index contributed by atoms with van der Waals surface area (Å²) in [6, 6.07) is 12.5. The zero-order valence-electron chi connectivity index (χ0n) is 15.3. The maximum absolute atomic E-state index is 14.1. The number of hydrogen-bond acceptors (Lipinski definition) is 6. The zero-order chi connectivity index (χ0) is 20.8. The van der Waals surface area contributed by atoms with Crippen LogP contribution >= 0.6 is 0 Å². The van der Waals surface area contributed by atoms with Crippen LogP contribution in [0, 0.1) is 17.7 Å². The molecule has 0 bridgehead atoms. The number of hydrogen-bond donors (Lipinski definition) is 0. The largest absolute Gasteiger partial charge is 0.748 e. The topological polar surface area (TPSA) is 92.7 Å². The molecule has 0 saturated heterocycles. The molecule has 28 heavy (non-hydrogen) atoms. The molecule has 0 atom stereocenters. The van der Waals surface area contributed by atoms with Crippen LogP contribution in [-0.2, 0) is 14.9 Å². The third kappa shape index (κ3) is 7.02. The van der Waals surface area contributed by atoms with Gasteiger partial charge >= 0.3 is 5.97 Å². The van der Waals surface area contributed by atoms with Crippen molar-refractivity contribution in [2.75, 3.05) is 12.4 Å². The van der Waals surface area contributed by atoms with Crippen molar-refractivity contribution in [3.63, 3.8) is 0 Å². The second-order valence-electron chi connectivity index (χ2n) is 6.27. The van der Waals surface area contributed by atoms with E-state index in [-0.39, 0.29) is 11.3 Å². The SMILES string of the molecule is CC(C)(C#Cc1ccccc1)Oc1cc(C(=O)OCCS(=O)(=O)[O-])ccc1F. The van der Waals surface area contributed by atoms with E-state index in [0.717, 1.165) is 17.7 Å². The van der Waals surface area contributed by atoms with Gasteiger partial charge in [0.05, 0.1) is 21.4 Å². The van der Waals surface area contributed by atoms with Crippen LogP contribution in [-0.4, -0.2) is 36.9 Å². The van der Waals surface area contributed by atoms with Crippen molar-refractivity contribution < 1.29 is 31.6 Å². The Labute approximate surface area is 163 Å². The lowest BCUT2D eigenvalue weighted by Gasteiger charge is -2.21. The summed E-state index contributed by atoms with van der Waals surface area (Å²) < 4.78 is 56.0. The molecule has 0 N–H and O–H groups in total. The Morgan fingerprint density at radius 1 is 1.18 bits per heavy atom. The lowest BCUT2D eigenvalue weighted by atomic mass is 10.1. The fourth-order valence-corrected chi connectivity index (χ4v) is 2.36. The Morgan fingerprint density at radius 2 is 1.86 bits per heavy atom. The highest BCUT2D eigenvalue weighted by Crippen LogP contribution is 2.24. The van der Waals surface area contributed by atoms with E-state index < -0.39 is 39.9 Å². The molecule has 0 aliphatic heterocycles. The van der Waals surface area contributed by atoms with Gasteiger partial charge in [-0.05, 0) is 44.2 Å². The van der Waals surface area contributed by atoms with Crippen molar-refractivity contribution in [3.8, 4) is 17.6 Å². The van der Waals surface area contributed by atoms with Crippen LogP contribution in [0.25, 0.3) is 0 Å². The Morgan fingerprint density at radius 3 is 2.50 bits per heavy atom. The number of carbonyl (C=O) groups is 1. The van der Waals surface area contributed by atoms with Gasteiger partial charge in [0.2, 0.25) is 0 Å². The van der Waals surface area contributed by atoms with E-state index >= 15 is 0 Å². The van der Waals surface area contributed by atoms with Gasteiger partial charge in [0.1, 0.15) is 6.61 Å². The Balaban J connectivity index is 2.12. The predicted octanol–water partition coefficient (Wildman–Crippen LogP) is 2.74. The number of halogens is 1. The standard InChI is InChI=1S/C20H19FO6S/c1-20(2,11-10-15-6-4-3-5-7-15)27-18-14-16(8-9-17(18)21)19(22)26-12-13-28(23,24)25/h3-9,14H,12-13H2,1-2H3,(H,23,24,25)/p-1. The Kier molecular flexibility index (Phi) is 6.78. The van der Waals surface area contributed by atoms with E-state index in [1.165, 1.54) is 6.07 Å². The summed E-state index contributed by atoms with van der Waals surface area (Å²) in [4.78, 5) is 11.9. The minimum atomic E-state index is -4.50. The van der Waals surface area contributed by atoms with Crippen LogP contribution < -0.4 is 4.74 Å². The molecular weight excluding hydrogens is 387 g/mol. The first-order valence-electron chi connectivity index (χ1n) is 8.23. The lowest BCUT2D eigenvalue weighted by Crippen LogP contribution is -2.26. The number of esters is 1. The fraction of sp³-hybridized carbons (Fsp3) is 0.250. The van der Waals surface area contributed by atoms with Crippen LogP contribution in [0.15, 0.2) is 48.5 Å². The fourth-order valence-electron chi connectivity index (χ4n) is 2.07.